The molecule has 0 radical (unpaired) electrons. The lowest BCUT2D eigenvalue weighted by atomic mass is 10.2. The van der Waals surface area contributed by atoms with Crippen molar-refractivity contribution in [2.75, 3.05) is 19.7 Å². The lowest BCUT2D eigenvalue weighted by Gasteiger charge is -2.18. The van der Waals surface area contributed by atoms with Crippen LogP contribution in [0.4, 0.5) is 0 Å². The summed E-state index contributed by atoms with van der Waals surface area (Å²) in [4.78, 5) is 17.9. The number of benzene rings is 1. The van der Waals surface area contributed by atoms with Gasteiger partial charge in [0.2, 0.25) is 11.8 Å². The van der Waals surface area contributed by atoms with E-state index in [4.69, 9.17) is 21.1 Å². The van der Waals surface area contributed by atoms with E-state index in [0.29, 0.717) is 29.7 Å². The van der Waals surface area contributed by atoms with Crippen LogP contribution in [0.15, 0.2) is 34.9 Å². The summed E-state index contributed by atoms with van der Waals surface area (Å²) in [5.41, 5.74) is 1.38. The predicted molar refractivity (Wildman–Crippen MR) is 80.0 cm³/mol. The Morgan fingerprint density at radius 2 is 2.10 bits per heavy atom. The van der Waals surface area contributed by atoms with Gasteiger partial charge in [-0.05, 0) is 31.2 Å². The van der Waals surface area contributed by atoms with Crippen molar-refractivity contribution in [1.29, 1.82) is 0 Å². The summed E-state index contributed by atoms with van der Waals surface area (Å²) in [7, 11) is 0. The van der Waals surface area contributed by atoms with Crippen LogP contribution in [0.2, 0.25) is 5.02 Å². The SMILES string of the molecule is CCN(CCO)C(=O)Cc1coc(-c2ccc(Cl)cc2)n1. The van der Waals surface area contributed by atoms with Crippen LogP contribution >= 0.6 is 11.6 Å². The zero-order valence-corrected chi connectivity index (χ0v) is 12.5. The molecule has 1 heterocycles. The van der Waals surface area contributed by atoms with Crippen molar-refractivity contribution in [3.8, 4) is 11.5 Å². The zero-order chi connectivity index (χ0) is 15.2. The molecular weight excluding hydrogens is 292 g/mol. The summed E-state index contributed by atoms with van der Waals surface area (Å²) < 4.78 is 5.39. The minimum atomic E-state index is -0.0810. The number of hydrogen-bond donors (Lipinski definition) is 1. The van der Waals surface area contributed by atoms with E-state index in [2.05, 4.69) is 4.98 Å². The van der Waals surface area contributed by atoms with Crippen LogP contribution in [0.3, 0.4) is 0 Å². The monoisotopic (exact) mass is 308 g/mol. The highest BCUT2D eigenvalue weighted by atomic mass is 35.5. The number of halogens is 1. The molecule has 21 heavy (non-hydrogen) atoms. The first-order valence-electron chi connectivity index (χ1n) is 6.73. The third-order valence-corrected chi connectivity index (χ3v) is 3.33. The van der Waals surface area contributed by atoms with Crippen LogP contribution in [0.5, 0.6) is 0 Å². The maximum Gasteiger partial charge on any atom is 0.228 e. The number of hydrogen-bond acceptors (Lipinski definition) is 4. The maximum absolute atomic E-state index is 12.0. The van der Waals surface area contributed by atoms with Crippen LogP contribution in [0.1, 0.15) is 12.6 Å². The number of likely N-dealkylation sites (N-methyl/N-ethyl adjacent to an activating group) is 1. The second kappa shape index (κ2) is 7.24. The summed E-state index contributed by atoms with van der Waals surface area (Å²) in [6.45, 7) is 2.71. The molecule has 112 valence electrons. The Morgan fingerprint density at radius 3 is 2.71 bits per heavy atom. The predicted octanol–water partition coefficient (Wildman–Crippen LogP) is 2.38. The lowest BCUT2D eigenvalue weighted by Crippen LogP contribution is -2.34. The normalized spacial score (nSPS) is 10.6. The van der Waals surface area contributed by atoms with E-state index in [1.165, 1.54) is 6.26 Å². The highest BCUT2D eigenvalue weighted by molar-refractivity contribution is 6.30. The van der Waals surface area contributed by atoms with Crippen LogP contribution in [0.25, 0.3) is 11.5 Å². The van der Waals surface area contributed by atoms with Crippen LogP contribution < -0.4 is 0 Å². The van der Waals surface area contributed by atoms with E-state index in [1.807, 2.05) is 19.1 Å². The molecule has 0 aliphatic rings. The van der Waals surface area contributed by atoms with Gasteiger partial charge in [-0.15, -0.1) is 0 Å². The smallest absolute Gasteiger partial charge is 0.228 e. The van der Waals surface area contributed by atoms with Crippen LogP contribution in [-0.4, -0.2) is 40.6 Å². The van der Waals surface area contributed by atoms with Crippen molar-refractivity contribution in [2.24, 2.45) is 0 Å². The van der Waals surface area contributed by atoms with E-state index < -0.39 is 0 Å². The number of oxazole rings is 1. The van der Waals surface area contributed by atoms with E-state index in [0.717, 1.165) is 5.56 Å². The number of rotatable bonds is 6. The van der Waals surface area contributed by atoms with Crippen molar-refractivity contribution in [3.63, 3.8) is 0 Å². The summed E-state index contributed by atoms with van der Waals surface area (Å²) in [6, 6.07) is 7.13. The molecule has 1 aromatic carbocycles. The molecule has 0 spiro atoms. The Morgan fingerprint density at radius 1 is 1.38 bits per heavy atom. The second-order valence-corrected chi connectivity index (χ2v) is 4.96. The average Bonchev–Trinajstić information content (AvgIpc) is 2.93. The van der Waals surface area contributed by atoms with E-state index in [1.54, 1.807) is 17.0 Å². The summed E-state index contributed by atoms with van der Waals surface area (Å²) >= 11 is 5.83. The first kappa shape index (κ1) is 15.5. The van der Waals surface area contributed by atoms with Gasteiger partial charge >= 0.3 is 0 Å². The van der Waals surface area contributed by atoms with Gasteiger partial charge in [-0.3, -0.25) is 4.79 Å². The molecule has 2 rings (SSSR count). The van der Waals surface area contributed by atoms with Gasteiger partial charge < -0.3 is 14.4 Å². The molecule has 0 saturated carbocycles. The minimum absolute atomic E-state index is 0.0472. The summed E-state index contributed by atoms with van der Waals surface area (Å²) in [5.74, 6) is 0.377. The molecule has 6 heteroatoms. The highest BCUT2D eigenvalue weighted by Gasteiger charge is 2.15. The largest absolute Gasteiger partial charge is 0.444 e. The standard InChI is InChI=1S/C15H17ClN2O3/c1-2-18(7-8-19)14(20)9-13-10-21-15(17-13)11-3-5-12(16)6-4-11/h3-6,10,19H,2,7-9H2,1H3. The number of nitrogens with zero attached hydrogens (tertiary/aromatic N) is 2. The highest BCUT2D eigenvalue weighted by Crippen LogP contribution is 2.21. The Balaban J connectivity index is 2.06. The summed E-state index contributed by atoms with van der Waals surface area (Å²) in [6.07, 6.45) is 1.64. The van der Waals surface area contributed by atoms with Gasteiger partial charge in [0.15, 0.2) is 0 Å². The van der Waals surface area contributed by atoms with Crippen LogP contribution in [-0.2, 0) is 11.2 Å². The minimum Gasteiger partial charge on any atom is -0.444 e. The molecule has 0 unspecified atom stereocenters. The third kappa shape index (κ3) is 4.06. The van der Waals surface area contributed by atoms with Crippen molar-refractivity contribution >= 4 is 17.5 Å². The van der Waals surface area contributed by atoms with Crippen molar-refractivity contribution in [3.05, 3.63) is 41.2 Å². The fourth-order valence-corrected chi connectivity index (χ4v) is 2.09. The first-order valence-corrected chi connectivity index (χ1v) is 7.10. The molecule has 0 aliphatic heterocycles. The molecule has 1 amide bonds. The molecule has 1 N–H and O–H groups in total. The van der Waals surface area contributed by atoms with Gasteiger partial charge in [0.05, 0.1) is 18.7 Å². The second-order valence-electron chi connectivity index (χ2n) is 4.52. The van der Waals surface area contributed by atoms with Crippen molar-refractivity contribution in [1.82, 2.24) is 9.88 Å². The molecule has 2 aromatic rings. The van der Waals surface area contributed by atoms with Gasteiger partial charge in [0, 0.05) is 23.7 Å². The third-order valence-electron chi connectivity index (χ3n) is 3.08. The van der Waals surface area contributed by atoms with Crippen molar-refractivity contribution in [2.45, 2.75) is 13.3 Å². The van der Waals surface area contributed by atoms with Crippen molar-refractivity contribution < 1.29 is 14.3 Å². The molecule has 5 nitrogen and oxygen atoms in total. The number of carbonyl (C=O) groups is 1. The molecule has 0 fully saturated rings. The molecule has 0 saturated heterocycles. The Hall–Kier alpha value is -1.85. The average molecular weight is 309 g/mol. The van der Waals surface area contributed by atoms with E-state index >= 15 is 0 Å². The van der Waals surface area contributed by atoms with E-state index in [-0.39, 0.29) is 18.9 Å². The molecule has 0 atom stereocenters. The van der Waals surface area contributed by atoms with Gasteiger partial charge in [-0.1, -0.05) is 11.6 Å². The number of aromatic nitrogens is 1. The number of amides is 1. The topological polar surface area (TPSA) is 66.6 Å². The summed E-state index contributed by atoms with van der Waals surface area (Å²) in [5, 5.41) is 9.56. The lowest BCUT2D eigenvalue weighted by molar-refractivity contribution is -0.130. The maximum atomic E-state index is 12.0. The van der Waals surface area contributed by atoms with Gasteiger partial charge in [0.25, 0.3) is 0 Å². The van der Waals surface area contributed by atoms with Gasteiger partial charge in [-0.2, -0.15) is 0 Å². The fraction of sp³-hybridized carbons (Fsp3) is 0.333. The first-order chi connectivity index (χ1) is 10.1. The van der Waals surface area contributed by atoms with E-state index in [9.17, 15) is 4.79 Å². The number of carbonyl (C=O) groups excluding carboxylic acids is 1. The van der Waals surface area contributed by atoms with Crippen LogP contribution in [0, 0.1) is 0 Å². The molecule has 0 aliphatic carbocycles. The Kier molecular flexibility index (Phi) is 5.36. The number of aliphatic hydroxyl groups is 1. The molecular formula is C15H17ClN2O3. The van der Waals surface area contributed by atoms with Gasteiger partial charge in [0.1, 0.15) is 6.26 Å². The number of aliphatic hydroxyl groups excluding tert-OH is 1. The van der Waals surface area contributed by atoms with Gasteiger partial charge in [-0.25, -0.2) is 4.98 Å². The Bertz CT molecular complexity index is 595. The molecule has 0 bridgehead atoms. The zero-order valence-electron chi connectivity index (χ0n) is 11.8. The fourth-order valence-electron chi connectivity index (χ4n) is 1.96. The quantitative estimate of drug-likeness (QED) is 0.889. The Labute approximate surface area is 128 Å². The molecule has 1 aromatic heterocycles.